The van der Waals surface area contributed by atoms with Gasteiger partial charge in [0.05, 0.1) is 21.6 Å². The zero-order valence-corrected chi connectivity index (χ0v) is 25.6. The molecule has 6 nitrogen and oxygen atoms in total. The maximum absolute atomic E-state index is 13.0. The lowest BCUT2D eigenvalue weighted by Gasteiger charge is -2.18. The molecule has 0 bridgehead atoms. The van der Waals surface area contributed by atoms with Crippen molar-refractivity contribution in [3.8, 4) is 0 Å². The minimum absolute atomic E-state index is 0.0572. The molecular formula is C30H48N4O2S. The van der Waals surface area contributed by atoms with Gasteiger partial charge in [-0.25, -0.2) is 9.19 Å². The number of hydrogen-bond acceptors (Lipinski definition) is 3. The molecule has 7 heteroatoms. The Morgan fingerprint density at radius 3 is 2.16 bits per heavy atom. The molecule has 2 aromatic carbocycles. The maximum Gasteiger partial charge on any atom is 0.221 e. The topological polar surface area (TPSA) is 67.2 Å². The molecule has 0 aliphatic rings. The smallest absolute Gasteiger partial charge is 0.221 e. The maximum atomic E-state index is 13.0. The van der Waals surface area contributed by atoms with E-state index in [-0.39, 0.29) is 11.3 Å². The molecule has 0 aliphatic carbocycles. The normalized spacial score (nSPS) is 11.8. The Balaban J connectivity index is 0.000000659. The van der Waals surface area contributed by atoms with Crippen LogP contribution in [0.1, 0.15) is 87.4 Å². The molecule has 1 unspecified atom stereocenters. The first kappa shape index (κ1) is 32.4. The van der Waals surface area contributed by atoms with Crippen LogP contribution in [-0.4, -0.2) is 26.7 Å². The molecule has 0 radical (unpaired) electrons. The molecule has 0 aliphatic heterocycles. The summed E-state index contributed by atoms with van der Waals surface area (Å²) < 4.78 is 16.8. The number of carbonyl (C=O) groups is 1. The van der Waals surface area contributed by atoms with Gasteiger partial charge in [-0.3, -0.25) is 9.10 Å². The van der Waals surface area contributed by atoms with Crippen LogP contribution >= 0.6 is 0 Å². The zero-order valence-electron chi connectivity index (χ0n) is 24.8. The first-order valence-electron chi connectivity index (χ1n) is 13.3. The molecule has 0 spiro atoms. The van der Waals surface area contributed by atoms with Crippen LogP contribution in [-0.2, 0) is 28.2 Å². The number of hydrogen-bond donors (Lipinski definition) is 1. The van der Waals surface area contributed by atoms with Crippen molar-refractivity contribution in [3.05, 3.63) is 48.3 Å². The van der Waals surface area contributed by atoms with E-state index in [1.807, 2.05) is 39.1 Å². The summed E-state index contributed by atoms with van der Waals surface area (Å²) in [5, 5.41) is 2.71. The van der Waals surface area contributed by atoms with E-state index >= 15 is 0 Å². The van der Waals surface area contributed by atoms with Gasteiger partial charge in [-0.1, -0.05) is 74.7 Å². The Labute approximate surface area is 227 Å². The Kier molecular flexibility index (Phi) is 13.0. The van der Waals surface area contributed by atoms with Crippen LogP contribution in [0, 0.1) is 5.92 Å². The van der Waals surface area contributed by atoms with Crippen LogP contribution in [0.5, 0.6) is 0 Å². The van der Waals surface area contributed by atoms with Gasteiger partial charge in [0.2, 0.25) is 5.91 Å². The summed E-state index contributed by atoms with van der Waals surface area (Å²) in [4.78, 5) is 16.6. The van der Waals surface area contributed by atoms with Crippen LogP contribution in [0.3, 0.4) is 0 Å². The molecule has 3 aromatic rings. The minimum Gasteiger partial charge on any atom is -0.331 e. The van der Waals surface area contributed by atoms with E-state index in [0.29, 0.717) is 10.6 Å². The molecule has 37 heavy (non-hydrogen) atoms. The van der Waals surface area contributed by atoms with E-state index in [2.05, 4.69) is 51.4 Å². The lowest BCUT2D eigenvalue weighted by atomic mass is 9.96. The number of fused-ring (bicyclic) bond motifs is 1. The van der Waals surface area contributed by atoms with Gasteiger partial charge >= 0.3 is 0 Å². The molecule has 3 rings (SSSR count). The second-order valence-corrected chi connectivity index (χ2v) is 11.9. The van der Waals surface area contributed by atoms with Gasteiger partial charge in [0.1, 0.15) is 5.82 Å². The van der Waals surface area contributed by atoms with Gasteiger partial charge in [-0.2, -0.15) is 0 Å². The van der Waals surface area contributed by atoms with E-state index in [9.17, 15) is 9.00 Å². The minimum atomic E-state index is -1.37. The fourth-order valence-corrected chi connectivity index (χ4v) is 4.77. The lowest BCUT2D eigenvalue weighted by Crippen LogP contribution is -2.20. The van der Waals surface area contributed by atoms with Crippen molar-refractivity contribution in [2.24, 2.45) is 13.0 Å². The summed E-state index contributed by atoms with van der Waals surface area (Å²) >= 11 is 0. The highest BCUT2D eigenvalue weighted by molar-refractivity contribution is 7.86. The number of nitrogens with one attached hydrogen (secondary N) is 1. The predicted molar refractivity (Wildman–Crippen MR) is 161 cm³/mol. The Hall–Kier alpha value is -2.67. The summed E-state index contributed by atoms with van der Waals surface area (Å²) in [5.41, 5.74) is 3.39. The standard InChI is InChI=1S/C21H26N4O2S.C7H16.C2H6/c1-14(26)22-15-7-10-17(11-8-15)28(27)25(6)16-9-12-19-18(13-16)23-20(24(19)5)21(2,3)4;1-4-5-6-7(2)3;1-2/h7-13H,1-6H3,(H,22,26);7H,4-6H2,1-3H3;1-2H3. The van der Waals surface area contributed by atoms with Gasteiger partial charge in [0.25, 0.3) is 0 Å². The van der Waals surface area contributed by atoms with Gasteiger partial charge in [-0.15, -0.1) is 0 Å². The number of anilines is 2. The molecule has 1 aromatic heterocycles. The molecule has 0 fully saturated rings. The van der Waals surface area contributed by atoms with Crippen molar-refractivity contribution < 1.29 is 9.00 Å². The average Bonchev–Trinajstić information content (AvgIpc) is 3.20. The number of imidazole rings is 1. The van der Waals surface area contributed by atoms with Crippen LogP contribution in [0.4, 0.5) is 11.4 Å². The molecule has 206 valence electrons. The van der Waals surface area contributed by atoms with Crippen molar-refractivity contribution in [1.29, 1.82) is 0 Å². The molecule has 1 atom stereocenters. The van der Waals surface area contributed by atoms with E-state index in [0.717, 1.165) is 28.5 Å². The first-order chi connectivity index (χ1) is 17.3. The lowest BCUT2D eigenvalue weighted by molar-refractivity contribution is -0.114. The van der Waals surface area contributed by atoms with Crippen molar-refractivity contribution in [1.82, 2.24) is 9.55 Å². The highest BCUT2D eigenvalue weighted by Gasteiger charge is 2.22. The van der Waals surface area contributed by atoms with Gasteiger partial charge in [0.15, 0.2) is 11.0 Å². The summed E-state index contributed by atoms with van der Waals surface area (Å²) in [6.45, 7) is 18.7. The summed E-state index contributed by atoms with van der Waals surface area (Å²) in [6.07, 6.45) is 4.15. The molecule has 0 saturated heterocycles. The molecule has 1 amide bonds. The molecular weight excluding hydrogens is 480 g/mol. The van der Waals surface area contributed by atoms with Crippen molar-refractivity contribution >= 4 is 39.3 Å². The number of aryl methyl sites for hydroxylation is 1. The summed E-state index contributed by atoms with van der Waals surface area (Å²) in [7, 11) is 2.45. The van der Waals surface area contributed by atoms with Crippen LogP contribution in [0.25, 0.3) is 11.0 Å². The third-order valence-corrected chi connectivity index (χ3v) is 7.04. The Morgan fingerprint density at radius 1 is 1.11 bits per heavy atom. The zero-order chi connectivity index (χ0) is 28.3. The number of benzene rings is 2. The summed E-state index contributed by atoms with van der Waals surface area (Å²) in [5.74, 6) is 1.78. The third-order valence-electron chi connectivity index (χ3n) is 5.66. The number of carbonyl (C=O) groups excluding carboxylic acids is 1. The fourth-order valence-electron chi connectivity index (χ4n) is 3.78. The van der Waals surface area contributed by atoms with Crippen LogP contribution in [0.2, 0.25) is 0 Å². The van der Waals surface area contributed by atoms with E-state index in [1.54, 1.807) is 35.6 Å². The average molecular weight is 529 g/mol. The van der Waals surface area contributed by atoms with E-state index in [1.165, 1.54) is 26.2 Å². The number of unbranched alkanes of at least 4 members (excludes halogenated alkanes) is 1. The van der Waals surface area contributed by atoms with E-state index < -0.39 is 11.0 Å². The van der Waals surface area contributed by atoms with Crippen LogP contribution in [0.15, 0.2) is 47.4 Å². The molecule has 1 heterocycles. The van der Waals surface area contributed by atoms with Crippen molar-refractivity contribution in [2.45, 2.75) is 91.9 Å². The highest BCUT2D eigenvalue weighted by atomic mass is 32.2. The predicted octanol–water partition coefficient (Wildman–Crippen LogP) is 7.85. The second-order valence-electron chi connectivity index (χ2n) is 10.4. The number of rotatable bonds is 7. The molecule has 0 saturated carbocycles. The van der Waals surface area contributed by atoms with Gasteiger partial charge < -0.3 is 9.88 Å². The van der Waals surface area contributed by atoms with E-state index in [4.69, 9.17) is 4.98 Å². The molecule has 1 N–H and O–H groups in total. The summed E-state index contributed by atoms with van der Waals surface area (Å²) in [6, 6.07) is 13.0. The van der Waals surface area contributed by atoms with Gasteiger partial charge in [-0.05, 0) is 48.4 Å². The fraction of sp³-hybridized carbons (Fsp3) is 0.533. The first-order valence-corrected chi connectivity index (χ1v) is 14.5. The SMILES string of the molecule is CC.CC(=O)Nc1ccc(S(=O)N(C)c2ccc3c(c2)nc(C(C)(C)C)n3C)cc1.CCCCC(C)C. The number of nitrogens with zero attached hydrogens (tertiary/aromatic N) is 3. The highest BCUT2D eigenvalue weighted by Crippen LogP contribution is 2.29. The number of amides is 1. The number of aromatic nitrogens is 2. The second kappa shape index (κ2) is 14.9. The van der Waals surface area contributed by atoms with Crippen molar-refractivity contribution in [2.75, 3.05) is 16.7 Å². The monoisotopic (exact) mass is 528 g/mol. The Morgan fingerprint density at radius 2 is 1.70 bits per heavy atom. The van der Waals surface area contributed by atoms with Gasteiger partial charge in [0, 0.05) is 32.1 Å². The van der Waals surface area contributed by atoms with Crippen molar-refractivity contribution in [3.63, 3.8) is 0 Å². The largest absolute Gasteiger partial charge is 0.331 e. The quantitative estimate of drug-likeness (QED) is 0.339. The third kappa shape index (κ3) is 9.62. The Bertz CT molecular complexity index is 1140. The van der Waals surface area contributed by atoms with Crippen LogP contribution < -0.4 is 9.62 Å².